The van der Waals surface area contributed by atoms with Crippen molar-refractivity contribution in [2.24, 2.45) is 0 Å². The Labute approximate surface area is 147 Å². The molecule has 23 heavy (non-hydrogen) atoms. The van der Waals surface area contributed by atoms with Gasteiger partial charge in [-0.15, -0.1) is 0 Å². The summed E-state index contributed by atoms with van der Waals surface area (Å²) in [7, 11) is 2.70. The van der Waals surface area contributed by atoms with Gasteiger partial charge in [-0.25, -0.2) is 16.8 Å². The molecule has 0 spiro atoms. The monoisotopic (exact) mass is 411 g/mol. The third-order valence-corrected chi connectivity index (χ3v) is 5.37. The van der Waals surface area contributed by atoms with Crippen LogP contribution in [0.4, 0.5) is 0 Å². The Morgan fingerprint density at radius 3 is 1.74 bits per heavy atom. The Kier molecular flexibility index (Phi) is 6.86. The molecular weight excluding hydrogens is 405 g/mol. The standard InChI is InChI=1S/C7H4ClNO2S.C6H4Cl2O2S/c8-12(10,11)7-4-2-1-3-6(7)5-9;7-5-1-3-6(4-2-5)11(8,9)10/h1-4H;1-4H. The summed E-state index contributed by atoms with van der Waals surface area (Å²) in [5, 5.41) is 8.99. The Morgan fingerprint density at radius 2 is 1.35 bits per heavy atom. The van der Waals surface area contributed by atoms with Gasteiger partial charge in [0.2, 0.25) is 0 Å². The Morgan fingerprint density at radius 1 is 0.826 bits per heavy atom. The van der Waals surface area contributed by atoms with E-state index in [4.69, 9.17) is 38.2 Å². The minimum Gasteiger partial charge on any atom is -0.207 e. The van der Waals surface area contributed by atoms with Crippen LogP contribution in [0.5, 0.6) is 0 Å². The predicted octanol–water partition coefficient (Wildman–Crippen LogP) is 3.75. The zero-order chi connectivity index (χ0) is 17.7. The van der Waals surface area contributed by atoms with Crippen LogP contribution in [0.3, 0.4) is 0 Å². The maximum atomic E-state index is 10.8. The van der Waals surface area contributed by atoms with Crippen molar-refractivity contribution in [2.75, 3.05) is 0 Å². The summed E-state index contributed by atoms with van der Waals surface area (Å²) < 4.78 is 43.0. The lowest BCUT2D eigenvalue weighted by atomic mass is 10.2. The largest absolute Gasteiger partial charge is 0.262 e. The van der Waals surface area contributed by atoms with Crippen LogP contribution in [0, 0.1) is 11.3 Å². The number of nitrogens with zero attached hydrogens (tertiary/aromatic N) is 1. The normalized spacial score (nSPS) is 11.0. The highest BCUT2D eigenvalue weighted by molar-refractivity contribution is 8.14. The predicted molar refractivity (Wildman–Crippen MR) is 88.7 cm³/mol. The number of hydrogen-bond acceptors (Lipinski definition) is 5. The van der Waals surface area contributed by atoms with Crippen LogP contribution < -0.4 is 0 Å². The second-order valence-electron chi connectivity index (χ2n) is 3.94. The van der Waals surface area contributed by atoms with E-state index in [1.165, 1.54) is 42.5 Å². The quantitative estimate of drug-likeness (QED) is 0.700. The van der Waals surface area contributed by atoms with Gasteiger partial charge in [0.1, 0.15) is 11.0 Å². The first-order valence-electron chi connectivity index (χ1n) is 5.69. The van der Waals surface area contributed by atoms with E-state index in [9.17, 15) is 16.8 Å². The molecule has 0 unspecified atom stereocenters. The molecule has 0 saturated heterocycles. The molecule has 2 aromatic carbocycles. The van der Waals surface area contributed by atoms with Crippen molar-refractivity contribution in [2.45, 2.75) is 9.79 Å². The highest BCUT2D eigenvalue weighted by atomic mass is 35.7. The lowest BCUT2D eigenvalue weighted by Gasteiger charge is -1.96. The van der Waals surface area contributed by atoms with Crippen LogP contribution in [-0.2, 0) is 18.1 Å². The van der Waals surface area contributed by atoms with E-state index in [1.54, 1.807) is 12.1 Å². The maximum absolute atomic E-state index is 10.8. The fourth-order valence-corrected chi connectivity index (χ4v) is 3.29. The molecule has 0 amide bonds. The average Bonchev–Trinajstić information content (AvgIpc) is 2.46. The van der Waals surface area contributed by atoms with Crippen LogP contribution in [0.15, 0.2) is 58.3 Å². The molecular formula is C13H8Cl3NO4S2. The first kappa shape index (κ1) is 19.7. The molecule has 5 nitrogen and oxygen atoms in total. The summed E-state index contributed by atoms with van der Waals surface area (Å²) in [5.41, 5.74) is 0.0625. The molecule has 0 radical (unpaired) electrons. The average molecular weight is 413 g/mol. The number of benzene rings is 2. The van der Waals surface area contributed by atoms with E-state index < -0.39 is 18.1 Å². The highest BCUT2D eigenvalue weighted by Crippen LogP contribution is 2.18. The van der Waals surface area contributed by atoms with Gasteiger partial charge < -0.3 is 0 Å². The number of nitriles is 1. The van der Waals surface area contributed by atoms with E-state index in [-0.39, 0.29) is 15.4 Å². The van der Waals surface area contributed by atoms with Crippen molar-refractivity contribution in [1.29, 1.82) is 5.26 Å². The zero-order valence-corrected chi connectivity index (χ0v) is 15.1. The third-order valence-electron chi connectivity index (χ3n) is 2.37. The van der Waals surface area contributed by atoms with Gasteiger partial charge in [-0.3, -0.25) is 0 Å². The fourth-order valence-electron chi connectivity index (χ4n) is 1.37. The lowest BCUT2D eigenvalue weighted by Crippen LogP contribution is -1.93. The van der Waals surface area contributed by atoms with Gasteiger partial charge in [0.05, 0.1) is 10.5 Å². The molecule has 0 aliphatic heterocycles. The molecule has 2 aromatic rings. The molecule has 0 aliphatic carbocycles. The molecule has 0 bridgehead atoms. The summed E-state index contributed by atoms with van der Waals surface area (Å²) in [6.45, 7) is 0. The van der Waals surface area contributed by atoms with E-state index in [0.717, 1.165) is 0 Å². The van der Waals surface area contributed by atoms with Gasteiger partial charge >= 0.3 is 0 Å². The topological polar surface area (TPSA) is 92.1 Å². The molecule has 0 fully saturated rings. The van der Waals surface area contributed by atoms with Gasteiger partial charge in [0.25, 0.3) is 18.1 Å². The van der Waals surface area contributed by atoms with Gasteiger partial charge in [0, 0.05) is 26.4 Å². The molecule has 0 heterocycles. The van der Waals surface area contributed by atoms with Crippen molar-refractivity contribution < 1.29 is 16.8 Å². The van der Waals surface area contributed by atoms with Gasteiger partial charge in [-0.05, 0) is 36.4 Å². The maximum Gasteiger partial charge on any atom is 0.262 e. The van der Waals surface area contributed by atoms with E-state index >= 15 is 0 Å². The summed E-state index contributed by atoms with van der Waals surface area (Å²) >= 11 is 5.52. The second-order valence-corrected chi connectivity index (χ2v) is 9.47. The minimum atomic E-state index is -3.80. The number of hydrogen-bond donors (Lipinski definition) is 0. The Hall–Kier alpha value is -1.30. The van der Waals surface area contributed by atoms with Crippen LogP contribution in [0.25, 0.3) is 0 Å². The smallest absolute Gasteiger partial charge is 0.207 e. The van der Waals surface area contributed by atoms with Crippen LogP contribution in [-0.4, -0.2) is 16.8 Å². The van der Waals surface area contributed by atoms with Crippen molar-refractivity contribution in [3.8, 4) is 6.07 Å². The molecule has 0 aromatic heterocycles. The third kappa shape index (κ3) is 6.37. The first-order valence-corrected chi connectivity index (χ1v) is 10.7. The Balaban J connectivity index is 0.000000231. The molecule has 0 atom stereocenters. The summed E-state index contributed by atoms with van der Waals surface area (Å²) in [6.07, 6.45) is 0. The highest BCUT2D eigenvalue weighted by Gasteiger charge is 2.13. The van der Waals surface area contributed by atoms with Crippen LogP contribution in [0.1, 0.15) is 5.56 Å². The van der Waals surface area contributed by atoms with Gasteiger partial charge in [-0.2, -0.15) is 5.26 Å². The molecule has 0 aliphatic rings. The molecule has 122 valence electrons. The van der Waals surface area contributed by atoms with Crippen molar-refractivity contribution in [1.82, 2.24) is 0 Å². The van der Waals surface area contributed by atoms with E-state index in [0.29, 0.717) is 5.02 Å². The molecule has 10 heteroatoms. The SMILES string of the molecule is N#Cc1ccccc1S(=O)(=O)Cl.O=S(=O)(Cl)c1ccc(Cl)cc1. The number of rotatable bonds is 2. The first-order chi connectivity index (χ1) is 10.6. The van der Waals surface area contributed by atoms with Crippen LogP contribution >= 0.6 is 33.0 Å². The summed E-state index contributed by atoms with van der Waals surface area (Å²) in [6, 6.07) is 13.2. The lowest BCUT2D eigenvalue weighted by molar-refractivity contribution is 0.608. The van der Waals surface area contributed by atoms with Gasteiger partial charge in [0.15, 0.2) is 0 Å². The van der Waals surface area contributed by atoms with E-state index in [1.807, 2.05) is 0 Å². The summed E-state index contributed by atoms with van der Waals surface area (Å²) in [5.74, 6) is 0. The minimum absolute atomic E-state index is 0.0589. The van der Waals surface area contributed by atoms with E-state index in [2.05, 4.69) is 0 Å². The number of halogens is 3. The molecule has 0 saturated carbocycles. The fraction of sp³-hybridized carbons (Fsp3) is 0. The summed E-state index contributed by atoms with van der Waals surface area (Å²) in [4.78, 5) is -0.0854. The van der Waals surface area contributed by atoms with Crippen molar-refractivity contribution in [3.05, 3.63) is 59.1 Å². The zero-order valence-electron chi connectivity index (χ0n) is 11.1. The molecule has 2 rings (SSSR count). The molecule has 0 N–H and O–H groups in total. The van der Waals surface area contributed by atoms with Crippen molar-refractivity contribution in [3.63, 3.8) is 0 Å². The van der Waals surface area contributed by atoms with Crippen LogP contribution in [0.2, 0.25) is 5.02 Å². The Bertz CT molecular complexity index is 934. The van der Waals surface area contributed by atoms with Crippen molar-refractivity contribution >= 4 is 51.1 Å². The second kappa shape index (κ2) is 7.99. The van der Waals surface area contributed by atoms with Gasteiger partial charge in [-0.1, -0.05) is 23.7 Å².